The maximum atomic E-state index is 4.40. The van der Waals surface area contributed by atoms with E-state index >= 15 is 0 Å². The van der Waals surface area contributed by atoms with Crippen molar-refractivity contribution in [3.8, 4) is 0 Å². The van der Waals surface area contributed by atoms with Gasteiger partial charge in [-0.05, 0) is 37.3 Å². The van der Waals surface area contributed by atoms with Gasteiger partial charge in [-0.1, -0.05) is 25.1 Å². The summed E-state index contributed by atoms with van der Waals surface area (Å²) < 4.78 is 0. The fraction of sp³-hybridized carbons (Fsp3) is 0.412. The van der Waals surface area contributed by atoms with Gasteiger partial charge in [0.2, 0.25) is 0 Å². The minimum absolute atomic E-state index is 0.871. The van der Waals surface area contributed by atoms with E-state index < -0.39 is 0 Å². The summed E-state index contributed by atoms with van der Waals surface area (Å²) in [5.41, 5.74) is 3.73. The molecule has 1 aromatic heterocycles. The molecular formula is C17H22N4. The lowest BCUT2D eigenvalue weighted by molar-refractivity contribution is 0.928. The van der Waals surface area contributed by atoms with Crippen LogP contribution >= 0.6 is 0 Å². The van der Waals surface area contributed by atoms with Crippen LogP contribution in [-0.2, 0) is 6.42 Å². The number of benzene rings is 1. The van der Waals surface area contributed by atoms with E-state index in [-0.39, 0.29) is 0 Å². The number of nitrogens with zero attached hydrogens (tertiary/aromatic N) is 3. The lowest BCUT2D eigenvalue weighted by Gasteiger charge is -2.18. The Balaban J connectivity index is 1.86. The molecule has 0 bridgehead atoms. The van der Waals surface area contributed by atoms with Crippen molar-refractivity contribution in [1.82, 2.24) is 9.97 Å². The smallest absolute Gasteiger partial charge is 0.135 e. The van der Waals surface area contributed by atoms with Gasteiger partial charge in [0, 0.05) is 24.8 Å². The normalized spacial score (nSPS) is 14.5. The highest BCUT2D eigenvalue weighted by atomic mass is 15.2. The Hall–Kier alpha value is -2.10. The molecule has 0 radical (unpaired) electrons. The number of anilines is 3. The number of hydrogen-bond donors (Lipinski definition) is 1. The molecule has 1 N–H and O–H groups in total. The van der Waals surface area contributed by atoms with E-state index in [0.717, 1.165) is 31.1 Å². The van der Waals surface area contributed by atoms with Crippen LogP contribution in [-0.4, -0.2) is 23.1 Å². The quantitative estimate of drug-likeness (QED) is 0.928. The first-order valence-electron chi connectivity index (χ1n) is 7.70. The third-order valence-corrected chi connectivity index (χ3v) is 4.08. The van der Waals surface area contributed by atoms with Crippen molar-refractivity contribution in [2.75, 3.05) is 23.3 Å². The fourth-order valence-corrected chi connectivity index (χ4v) is 2.86. The molecule has 21 heavy (non-hydrogen) atoms. The van der Waals surface area contributed by atoms with Crippen molar-refractivity contribution in [2.24, 2.45) is 0 Å². The van der Waals surface area contributed by atoms with Gasteiger partial charge in [0.25, 0.3) is 0 Å². The molecule has 0 spiro atoms. The van der Waals surface area contributed by atoms with Crippen molar-refractivity contribution in [2.45, 2.75) is 33.1 Å². The number of aryl methyl sites for hydroxylation is 2. The topological polar surface area (TPSA) is 41.0 Å². The van der Waals surface area contributed by atoms with Gasteiger partial charge in [-0.3, -0.25) is 0 Å². The fourth-order valence-electron chi connectivity index (χ4n) is 2.86. The first-order chi connectivity index (χ1) is 10.3. The Bertz CT molecular complexity index is 618. The molecule has 2 heterocycles. The second-order valence-corrected chi connectivity index (χ2v) is 5.54. The van der Waals surface area contributed by atoms with Gasteiger partial charge in [0.1, 0.15) is 18.0 Å². The Morgan fingerprint density at radius 1 is 1.19 bits per heavy atom. The van der Waals surface area contributed by atoms with Crippen molar-refractivity contribution in [3.63, 3.8) is 0 Å². The molecule has 110 valence electrons. The van der Waals surface area contributed by atoms with Crippen LogP contribution in [0.4, 0.5) is 17.3 Å². The van der Waals surface area contributed by atoms with Crippen LogP contribution in [0.5, 0.6) is 0 Å². The summed E-state index contributed by atoms with van der Waals surface area (Å²) in [6.07, 6.45) is 5.17. The number of nitrogens with one attached hydrogen (secondary N) is 1. The van der Waals surface area contributed by atoms with Crippen molar-refractivity contribution in [3.05, 3.63) is 41.7 Å². The molecule has 4 nitrogen and oxygen atoms in total. The molecule has 0 saturated carbocycles. The van der Waals surface area contributed by atoms with Crippen LogP contribution in [0, 0.1) is 6.92 Å². The second kappa shape index (κ2) is 6.12. The molecule has 3 rings (SSSR count). The van der Waals surface area contributed by atoms with Crippen molar-refractivity contribution in [1.29, 1.82) is 0 Å². The summed E-state index contributed by atoms with van der Waals surface area (Å²) >= 11 is 0. The molecule has 0 amide bonds. The van der Waals surface area contributed by atoms with Gasteiger partial charge in [-0.25, -0.2) is 9.97 Å². The minimum Gasteiger partial charge on any atom is -0.356 e. The zero-order valence-electron chi connectivity index (χ0n) is 12.8. The average Bonchev–Trinajstić information content (AvgIpc) is 3.04. The molecule has 1 aliphatic rings. The highest BCUT2D eigenvalue weighted by molar-refractivity contribution is 5.66. The minimum atomic E-state index is 0.871. The SMILES string of the molecule is CCc1cccc(C)c1Nc1cc(N2CCCC2)ncn1. The first kappa shape index (κ1) is 13.9. The molecule has 0 atom stereocenters. The molecule has 4 heteroatoms. The third kappa shape index (κ3) is 2.99. The summed E-state index contributed by atoms with van der Waals surface area (Å²) in [4.78, 5) is 11.1. The van der Waals surface area contributed by atoms with Gasteiger partial charge >= 0.3 is 0 Å². The third-order valence-electron chi connectivity index (χ3n) is 4.08. The number of aromatic nitrogens is 2. The molecule has 0 aliphatic carbocycles. The van der Waals surface area contributed by atoms with Crippen molar-refractivity contribution >= 4 is 17.3 Å². The van der Waals surface area contributed by atoms with Crippen LogP contribution < -0.4 is 10.2 Å². The van der Waals surface area contributed by atoms with E-state index in [1.807, 2.05) is 0 Å². The van der Waals surface area contributed by atoms with Crippen LogP contribution in [0.25, 0.3) is 0 Å². The summed E-state index contributed by atoms with van der Waals surface area (Å²) in [7, 11) is 0. The maximum Gasteiger partial charge on any atom is 0.135 e. The van der Waals surface area contributed by atoms with Gasteiger partial charge in [-0.2, -0.15) is 0 Å². The predicted molar refractivity (Wildman–Crippen MR) is 87.3 cm³/mol. The number of para-hydroxylation sites is 1. The monoisotopic (exact) mass is 282 g/mol. The van der Waals surface area contributed by atoms with Gasteiger partial charge < -0.3 is 10.2 Å². The zero-order chi connectivity index (χ0) is 14.7. The van der Waals surface area contributed by atoms with Crippen LogP contribution in [0.1, 0.15) is 30.9 Å². The molecule has 1 aliphatic heterocycles. The Labute approximate surface area is 126 Å². The standard InChI is InChI=1S/C17H22N4/c1-3-14-8-6-7-13(2)17(14)20-15-11-16(19-12-18-15)21-9-4-5-10-21/h6-8,11-12H,3-5,9-10H2,1-2H3,(H,18,19,20). The van der Waals surface area contributed by atoms with E-state index in [1.165, 1.54) is 29.7 Å². The molecule has 2 aromatic rings. The van der Waals surface area contributed by atoms with E-state index in [0.29, 0.717) is 0 Å². The Morgan fingerprint density at radius 2 is 2.00 bits per heavy atom. The first-order valence-corrected chi connectivity index (χ1v) is 7.70. The molecule has 1 fully saturated rings. The van der Waals surface area contributed by atoms with Gasteiger partial charge in [-0.15, -0.1) is 0 Å². The lowest BCUT2D eigenvalue weighted by atomic mass is 10.1. The Morgan fingerprint density at radius 3 is 2.76 bits per heavy atom. The largest absolute Gasteiger partial charge is 0.356 e. The number of hydrogen-bond acceptors (Lipinski definition) is 4. The molecular weight excluding hydrogens is 260 g/mol. The van der Waals surface area contributed by atoms with Crippen LogP contribution in [0.15, 0.2) is 30.6 Å². The average molecular weight is 282 g/mol. The summed E-state index contributed by atoms with van der Waals surface area (Å²) in [6, 6.07) is 8.45. The Kier molecular flexibility index (Phi) is 4.04. The predicted octanol–water partition coefficient (Wildman–Crippen LogP) is 3.69. The van der Waals surface area contributed by atoms with E-state index in [2.05, 4.69) is 58.3 Å². The van der Waals surface area contributed by atoms with Gasteiger partial charge in [0.05, 0.1) is 0 Å². The van der Waals surface area contributed by atoms with Crippen LogP contribution in [0.2, 0.25) is 0 Å². The number of rotatable bonds is 4. The molecule has 0 unspecified atom stereocenters. The maximum absolute atomic E-state index is 4.40. The summed E-state index contributed by atoms with van der Waals surface area (Å²) in [5.74, 6) is 1.90. The van der Waals surface area contributed by atoms with Gasteiger partial charge in [0.15, 0.2) is 0 Å². The lowest BCUT2D eigenvalue weighted by Crippen LogP contribution is -2.19. The highest BCUT2D eigenvalue weighted by Crippen LogP contribution is 2.26. The second-order valence-electron chi connectivity index (χ2n) is 5.54. The van der Waals surface area contributed by atoms with E-state index in [9.17, 15) is 0 Å². The molecule has 1 aromatic carbocycles. The van der Waals surface area contributed by atoms with Crippen LogP contribution in [0.3, 0.4) is 0 Å². The van der Waals surface area contributed by atoms with E-state index in [4.69, 9.17) is 0 Å². The van der Waals surface area contributed by atoms with E-state index in [1.54, 1.807) is 6.33 Å². The molecule has 1 saturated heterocycles. The van der Waals surface area contributed by atoms with Crippen molar-refractivity contribution < 1.29 is 0 Å². The summed E-state index contributed by atoms with van der Waals surface area (Å²) in [6.45, 7) is 6.50. The highest BCUT2D eigenvalue weighted by Gasteiger charge is 2.14. The zero-order valence-corrected chi connectivity index (χ0v) is 12.8. The summed E-state index contributed by atoms with van der Waals surface area (Å²) in [5, 5.41) is 3.48.